The van der Waals surface area contributed by atoms with Crippen LogP contribution >= 0.6 is 0 Å². The Balaban J connectivity index is 3.74. The van der Waals surface area contributed by atoms with E-state index >= 15 is 0 Å². The maximum atomic E-state index is 12.4. The maximum absolute atomic E-state index is 12.4. The fourth-order valence-electron chi connectivity index (χ4n) is 5.49. The molecule has 3 N–H and O–H groups in total. The molecular weight excluding hydrogens is 602 g/mol. The number of hydrogen-bond acceptors (Lipinski definition) is 3. The second-order valence-electron chi connectivity index (χ2n) is 13.3. The molecule has 0 aliphatic carbocycles. The molecule has 0 heterocycles. The van der Waals surface area contributed by atoms with Crippen LogP contribution in [0.1, 0.15) is 174 Å². The highest BCUT2D eigenvalue weighted by atomic mass is 16.3. The fraction of sp³-hybridized carbons (Fsp3) is 0.667. The third-order valence-electron chi connectivity index (χ3n) is 8.59. The van der Waals surface area contributed by atoms with Gasteiger partial charge in [0.05, 0.1) is 18.8 Å². The molecule has 2 unspecified atom stereocenters. The molecule has 0 aliphatic heterocycles. The van der Waals surface area contributed by atoms with Crippen LogP contribution in [0.4, 0.5) is 0 Å². The maximum Gasteiger partial charge on any atom is 0.220 e. The van der Waals surface area contributed by atoms with Crippen molar-refractivity contribution >= 4 is 5.91 Å². The number of carbonyl (C=O) groups excluding carboxylic acids is 1. The number of carbonyl (C=O) groups is 1. The lowest BCUT2D eigenvalue weighted by Crippen LogP contribution is -2.45. The van der Waals surface area contributed by atoms with Gasteiger partial charge in [0.1, 0.15) is 0 Å². The molecule has 0 fully saturated rings. The summed E-state index contributed by atoms with van der Waals surface area (Å²) < 4.78 is 0. The largest absolute Gasteiger partial charge is 0.394 e. The molecule has 0 saturated carbocycles. The Labute approximate surface area is 303 Å². The van der Waals surface area contributed by atoms with Gasteiger partial charge in [-0.2, -0.15) is 0 Å². The number of amides is 1. The van der Waals surface area contributed by atoms with E-state index in [1.54, 1.807) is 6.08 Å². The molecule has 49 heavy (non-hydrogen) atoms. The van der Waals surface area contributed by atoms with Gasteiger partial charge < -0.3 is 15.5 Å². The van der Waals surface area contributed by atoms with Crippen LogP contribution < -0.4 is 5.32 Å². The lowest BCUT2D eigenvalue weighted by atomic mass is 10.1. The van der Waals surface area contributed by atoms with Crippen LogP contribution in [0, 0.1) is 0 Å². The van der Waals surface area contributed by atoms with Crippen molar-refractivity contribution in [3.63, 3.8) is 0 Å². The molecule has 0 spiro atoms. The van der Waals surface area contributed by atoms with Gasteiger partial charge in [0, 0.05) is 6.42 Å². The van der Waals surface area contributed by atoms with E-state index in [0.717, 1.165) is 77.0 Å². The Kier molecular flexibility index (Phi) is 38.0. The minimum Gasteiger partial charge on any atom is -0.394 e. The average Bonchev–Trinajstić information content (AvgIpc) is 3.10. The second-order valence-corrected chi connectivity index (χ2v) is 13.3. The molecule has 0 radical (unpaired) electrons. The first-order chi connectivity index (χ1) is 24.2. The highest BCUT2D eigenvalue weighted by Gasteiger charge is 2.17. The van der Waals surface area contributed by atoms with Crippen LogP contribution in [0.15, 0.2) is 85.1 Å². The van der Waals surface area contributed by atoms with E-state index in [-0.39, 0.29) is 12.5 Å². The fourth-order valence-corrected chi connectivity index (χ4v) is 5.49. The molecule has 0 rings (SSSR count). The van der Waals surface area contributed by atoms with E-state index in [9.17, 15) is 15.0 Å². The molecule has 0 aromatic heterocycles. The molecule has 2 atom stereocenters. The summed E-state index contributed by atoms with van der Waals surface area (Å²) in [6.07, 6.45) is 58.2. The van der Waals surface area contributed by atoms with Gasteiger partial charge in [0.15, 0.2) is 0 Å². The molecule has 0 aromatic rings. The SMILES string of the molecule is CC/C=C\C/C=C\C/C=C\C/C=C\CCCCCCCCC(=O)NC(CO)C(O)/C=C/CC/C=C/CC/C=C/CCCCCCCCCC. The van der Waals surface area contributed by atoms with Gasteiger partial charge in [0.25, 0.3) is 0 Å². The van der Waals surface area contributed by atoms with Crippen LogP contribution in [0.3, 0.4) is 0 Å². The first kappa shape index (κ1) is 46.6. The molecule has 0 aromatic carbocycles. The zero-order valence-electron chi connectivity index (χ0n) is 31.9. The Morgan fingerprint density at radius 2 is 0.918 bits per heavy atom. The molecule has 4 heteroatoms. The van der Waals surface area contributed by atoms with Gasteiger partial charge in [-0.3, -0.25) is 4.79 Å². The van der Waals surface area contributed by atoms with Crippen molar-refractivity contribution in [2.45, 2.75) is 187 Å². The van der Waals surface area contributed by atoms with E-state index in [2.05, 4.69) is 92.1 Å². The number of unbranched alkanes of at least 4 members (excludes halogenated alkanes) is 16. The van der Waals surface area contributed by atoms with Gasteiger partial charge in [-0.25, -0.2) is 0 Å². The van der Waals surface area contributed by atoms with Crippen LogP contribution in [0.25, 0.3) is 0 Å². The van der Waals surface area contributed by atoms with Gasteiger partial charge in [0.2, 0.25) is 5.91 Å². The van der Waals surface area contributed by atoms with Crippen molar-refractivity contribution in [2.75, 3.05) is 6.61 Å². The molecule has 0 bridgehead atoms. The minimum absolute atomic E-state index is 0.0966. The van der Waals surface area contributed by atoms with Crippen molar-refractivity contribution in [1.29, 1.82) is 0 Å². The first-order valence-electron chi connectivity index (χ1n) is 20.3. The van der Waals surface area contributed by atoms with Crippen LogP contribution in [-0.4, -0.2) is 34.9 Å². The number of nitrogens with one attached hydrogen (secondary N) is 1. The van der Waals surface area contributed by atoms with E-state index in [1.165, 1.54) is 77.0 Å². The van der Waals surface area contributed by atoms with Gasteiger partial charge in [-0.05, 0) is 83.5 Å². The molecule has 0 saturated heterocycles. The highest BCUT2D eigenvalue weighted by molar-refractivity contribution is 5.76. The number of allylic oxidation sites excluding steroid dienone is 13. The van der Waals surface area contributed by atoms with Crippen molar-refractivity contribution in [3.05, 3.63) is 85.1 Å². The van der Waals surface area contributed by atoms with Gasteiger partial charge in [-0.1, -0.05) is 170 Å². The normalized spacial score (nSPS) is 14.0. The van der Waals surface area contributed by atoms with E-state index in [1.807, 2.05) is 6.08 Å². The second kappa shape index (κ2) is 40.0. The highest BCUT2D eigenvalue weighted by Crippen LogP contribution is 2.11. The predicted molar refractivity (Wildman–Crippen MR) is 216 cm³/mol. The quantitative estimate of drug-likeness (QED) is 0.0461. The standard InChI is InChI=1S/C45H77NO3/c1-3-5-7-9-11-13-15-17-19-21-23-25-27-29-31-33-35-37-39-41-45(49)46-43(42-47)44(48)40-38-36-34-32-30-28-26-24-22-20-18-16-14-12-10-8-6-4-2/h5,7,11,13,17,19,22-25,30,32,38,40,43-44,47-48H,3-4,6,8-10,12,14-16,18,20-21,26-29,31,33-37,39,41-42H2,1-2H3,(H,46,49)/b7-5-,13-11-,19-17-,24-22+,25-23-,32-30+,40-38+. The zero-order valence-corrected chi connectivity index (χ0v) is 31.9. The number of aliphatic hydroxyl groups excluding tert-OH is 2. The molecule has 1 amide bonds. The predicted octanol–water partition coefficient (Wildman–Crippen LogP) is 12.5. The van der Waals surface area contributed by atoms with Crippen molar-refractivity contribution in [3.8, 4) is 0 Å². The molecule has 4 nitrogen and oxygen atoms in total. The van der Waals surface area contributed by atoms with Crippen LogP contribution in [0.5, 0.6) is 0 Å². The summed E-state index contributed by atoms with van der Waals surface area (Å²) in [7, 11) is 0. The lowest BCUT2D eigenvalue weighted by molar-refractivity contribution is -0.123. The van der Waals surface area contributed by atoms with Gasteiger partial charge in [-0.15, -0.1) is 0 Å². The van der Waals surface area contributed by atoms with Crippen molar-refractivity contribution in [1.82, 2.24) is 5.32 Å². The number of aliphatic hydroxyl groups is 2. The molecular formula is C45H77NO3. The first-order valence-corrected chi connectivity index (χ1v) is 20.3. The van der Waals surface area contributed by atoms with Gasteiger partial charge >= 0.3 is 0 Å². The van der Waals surface area contributed by atoms with Crippen LogP contribution in [-0.2, 0) is 4.79 Å². The smallest absolute Gasteiger partial charge is 0.220 e. The third-order valence-corrected chi connectivity index (χ3v) is 8.59. The van der Waals surface area contributed by atoms with Crippen molar-refractivity contribution in [2.24, 2.45) is 0 Å². The lowest BCUT2D eigenvalue weighted by Gasteiger charge is -2.19. The number of hydrogen-bond donors (Lipinski definition) is 3. The van der Waals surface area contributed by atoms with E-state index in [4.69, 9.17) is 0 Å². The zero-order chi connectivity index (χ0) is 35.7. The Morgan fingerprint density at radius 1 is 0.510 bits per heavy atom. The Bertz CT molecular complexity index is 910. The number of rotatable bonds is 35. The summed E-state index contributed by atoms with van der Waals surface area (Å²) in [4.78, 5) is 12.4. The summed E-state index contributed by atoms with van der Waals surface area (Å²) in [5, 5.41) is 22.9. The minimum atomic E-state index is -0.880. The summed E-state index contributed by atoms with van der Waals surface area (Å²) in [6, 6.07) is -0.657. The Morgan fingerprint density at radius 3 is 1.43 bits per heavy atom. The third kappa shape index (κ3) is 36.7. The average molecular weight is 680 g/mol. The summed E-state index contributed by atoms with van der Waals surface area (Å²) in [5.74, 6) is -0.0966. The summed E-state index contributed by atoms with van der Waals surface area (Å²) in [6.45, 7) is 4.15. The summed E-state index contributed by atoms with van der Waals surface area (Å²) in [5.41, 5.74) is 0. The summed E-state index contributed by atoms with van der Waals surface area (Å²) >= 11 is 0. The van der Waals surface area contributed by atoms with E-state index < -0.39 is 12.1 Å². The monoisotopic (exact) mass is 680 g/mol. The van der Waals surface area contributed by atoms with Crippen molar-refractivity contribution < 1.29 is 15.0 Å². The Hall–Kier alpha value is -2.43. The molecule has 280 valence electrons. The topological polar surface area (TPSA) is 69.6 Å². The van der Waals surface area contributed by atoms with Crippen LogP contribution in [0.2, 0.25) is 0 Å². The molecule has 0 aliphatic rings. The van der Waals surface area contributed by atoms with E-state index in [0.29, 0.717) is 6.42 Å².